The van der Waals surface area contributed by atoms with Crippen LogP contribution < -0.4 is 10.5 Å². The summed E-state index contributed by atoms with van der Waals surface area (Å²) < 4.78 is 11.0. The Labute approximate surface area is 109 Å². The second-order valence-corrected chi connectivity index (χ2v) is 5.44. The predicted molar refractivity (Wildman–Crippen MR) is 72.9 cm³/mol. The lowest BCUT2D eigenvalue weighted by Gasteiger charge is -2.49. The Bertz CT molecular complexity index is 399. The lowest BCUT2D eigenvalue weighted by Crippen LogP contribution is -2.56. The van der Waals surface area contributed by atoms with E-state index in [2.05, 4.69) is 26.0 Å². The summed E-state index contributed by atoms with van der Waals surface area (Å²) in [5.74, 6) is 1.89. The van der Waals surface area contributed by atoms with Crippen molar-refractivity contribution in [1.82, 2.24) is 0 Å². The lowest BCUT2D eigenvalue weighted by molar-refractivity contribution is -0.0990. The fourth-order valence-corrected chi connectivity index (χ4v) is 3.08. The van der Waals surface area contributed by atoms with Gasteiger partial charge in [-0.15, -0.1) is 0 Å². The highest BCUT2D eigenvalue weighted by atomic mass is 16.5. The van der Waals surface area contributed by atoms with Crippen LogP contribution in [0.2, 0.25) is 0 Å². The van der Waals surface area contributed by atoms with Crippen molar-refractivity contribution in [3.05, 3.63) is 29.8 Å². The van der Waals surface area contributed by atoms with Crippen molar-refractivity contribution in [3.63, 3.8) is 0 Å². The Hall–Kier alpha value is -1.06. The summed E-state index contributed by atoms with van der Waals surface area (Å²) in [6.07, 6.45) is 0. The van der Waals surface area contributed by atoms with E-state index in [1.807, 2.05) is 12.1 Å². The minimum Gasteiger partial charge on any atom is -0.496 e. The standard InChI is InChI=1S/C15H23NO2/c1-11(2)13(8-16)15(9-18-10-15)12-6-4-5-7-14(12)17-3/h4-7,11,13H,8-10,16H2,1-3H3. The summed E-state index contributed by atoms with van der Waals surface area (Å²) in [6.45, 7) is 6.62. The summed E-state index contributed by atoms with van der Waals surface area (Å²) in [6, 6.07) is 8.23. The van der Waals surface area contributed by atoms with Crippen molar-refractivity contribution in [3.8, 4) is 5.75 Å². The van der Waals surface area contributed by atoms with E-state index in [1.165, 1.54) is 5.56 Å². The maximum Gasteiger partial charge on any atom is 0.122 e. The number of nitrogens with two attached hydrogens (primary N) is 1. The Morgan fingerprint density at radius 1 is 1.33 bits per heavy atom. The third-order valence-corrected chi connectivity index (χ3v) is 4.13. The first-order valence-corrected chi connectivity index (χ1v) is 6.57. The minimum absolute atomic E-state index is 0.0233. The van der Waals surface area contributed by atoms with Crippen LogP contribution in [0.25, 0.3) is 0 Å². The Morgan fingerprint density at radius 2 is 2.00 bits per heavy atom. The van der Waals surface area contributed by atoms with Crippen LogP contribution in [0, 0.1) is 11.8 Å². The van der Waals surface area contributed by atoms with Crippen molar-refractivity contribution in [2.45, 2.75) is 19.3 Å². The van der Waals surface area contributed by atoms with Crippen LogP contribution in [0.1, 0.15) is 19.4 Å². The molecule has 2 rings (SSSR count). The van der Waals surface area contributed by atoms with Gasteiger partial charge in [0.1, 0.15) is 5.75 Å². The van der Waals surface area contributed by atoms with E-state index >= 15 is 0 Å². The molecule has 2 N–H and O–H groups in total. The quantitative estimate of drug-likeness (QED) is 0.870. The summed E-state index contributed by atoms with van der Waals surface area (Å²) in [5, 5.41) is 0. The second-order valence-electron chi connectivity index (χ2n) is 5.44. The molecule has 100 valence electrons. The van der Waals surface area contributed by atoms with E-state index in [1.54, 1.807) is 7.11 Å². The van der Waals surface area contributed by atoms with Crippen LogP contribution in [-0.2, 0) is 10.2 Å². The summed E-state index contributed by atoms with van der Waals surface area (Å²) in [5.41, 5.74) is 7.26. The Kier molecular flexibility index (Phi) is 3.93. The van der Waals surface area contributed by atoms with Crippen LogP contribution in [-0.4, -0.2) is 26.9 Å². The third-order valence-electron chi connectivity index (χ3n) is 4.13. The third kappa shape index (κ3) is 2.02. The summed E-state index contributed by atoms with van der Waals surface area (Å²) in [7, 11) is 1.72. The molecule has 3 heteroatoms. The lowest BCUT2D eigenvalue weighted by atomic mass is 9.64. The van der Waals surface area contributed by atoms with Crippen LogP contribution in [0.4, 0.5) is 0 Å². The van der Waals surface area contributed by atoms with Gasteiger partial charge in [0.15, 0.2) is 0 Å². The van der Waals surface area contributed by atoms with Gasteiger partial charge in [0, 0.05) is 11.0 Å². The van der Waals surface area contributed by atoms with Gasteiger partial charge in [-0.05, 0) is 24.4 Å². The number of hydrogen-bond donors (Lipinski definition) is 1. The van der Waals surface area contributed by atoms with Crippen molar-refractivity contribution in [2.24, 2.45) is 17.6 Å². The van der Waals surface area contributed by atoms with Gasteiger partial charge in [-0.3, -0.25) is 0 Å². The molecule has 0 bridgehead atoms. The first-order chi connectivity index (χ1) is 8.65. The van der Waals surface area contributed by atoms with Crippen molar-refractivity contribution < 1.29 is 9.47 Å². The van der Waals surface area contributed by atoms with E-state index in [-0.39, 0.29) is 5.41 Å². The topological polar surface area (TPSA) is 44.5 Å². The van der Waals surface area contributed by atoms with Crippen LogP contribution >= 0.6 is 0 Å². The van der Waals surface area contributed by atoms with E-state index in [0.29, 0.717) is 18.4 Å². The number of ether oxygens (including phenoxy) is 2. The van der Waals surface area contributed by atoms with Crippen molar-refractivity contribution in [2.75, 3.05) is 26.9 Å². The van der Waals surface area contributed by atoms with E-state index in [4.69, 9.17) is 15.2 Å². The Morgan fingerprint density at radius 3 is 2.44 bits per heavy atom. The fraction of sp³-hybridized carbons (Fsp3) is 0.600. The molecule has 0 aliphatic carbocycles. The van der Waals surface area contributed by atoms with Crippen molar-refractivity contribution in [1.29, 1.82) is 0 Å². The van der Waals surface area contributed by atoms with Gasteiger partial charge in [0.25, 0.3) is 0 Å². The molecule has 1 heterocycles. The molecule has 1 aromatic carbocycles. The number of benzene rings is 1. The van der Waals surface area contributed by atoms with Gasteiger partial charge in [0.05, 0.1) is 20.3 Å². The zero-order chi connectivity index (χ0) is 13.2. The monoisotopic (exact) mass is 249 g/mol. The molecule has 1 aliphatic rings. The first kappa shape index (κ1) is 13.4. The second kappa shape index (κ2) is 5.29. The smallest absolute Gasteiger partial charge is 0.122 e. The van der Waals surface area contributed by atoms with Gasteiger partial charge in [-0.1, -0.05) is 32.0 Å². The van der Waals surface area contributed by atoms with Gasteiger partial charge in [0.2, 0.25) is 0 Å². The fourth-order valence-electron chi connectivity index (χ4n) is 3.08. The molecule has 18 heavy (non-hydrogen) atoms. The molecular formula is C15H23NO2. The molecule has 0 amide bonds. The number of methoxy groups -OCH3 is 1. The molecule has 3 nitrogen and oxygen atoms in total. The predicted octanol–water partition coefficient (Wildman–Crippen LogP) is 2.19. The molecule has 1 fully saturated rings. The van der Waals surface area contributed by atoms with Crippen LogP contribution in [0.15, 0.2) is 24.3 Å². The number of rotatable bonds is 5. The molecule has 1 aromatic rings. The van der Waals surface area contributed by atoms with Gasteiger partial charge in [-0.25, -0.2) is 0 Å². The van der Waals surface area contributed by atoms with Crippen molar-refractivity contribution >= 4 is 0 Å². The van der Waals surface area contributed by atoms with Crippen LogP contribution in [0.5, 0.6) is 5.75 Å². The first-order valence-electron chi connectivity index (χ1n) is 6.57. The average Bonchev–Trinajstić information content (AvgIpc) is 2.33. The molecular weight excluding hydrogens is 226 g/mol. The maximum absolute atomic E-state index is 6.00. The Balaban J connectivity index is 2.43. The van der Waals surface area contributed by atoms with Gasteiger partial charge in [-0.2, -0.15) is 0 Å². The zero-order valence-electron chi connectivity index (χ0n) is 11.5. The highest BCUT2D eigenvalue weighted by molar-refractivity contribution is 5.42. The molecule has 0 aromatic heterocycles. The largest absolute Gasteiger partial charge is 0.496 e. The summed E-state index contributed by atoms with van der Waals surface area (Å²) >= 11 is 0. The highest BCUT2D eigenvalue weighted by Crippen LogP contribution is 2.45. The normalized spacial score (nSPS) is 19.4. The van der Waals surface area contributed by atoms with Crippen LogP contribution in [0.3, 0.4) is 0 Å². The SMILES string of the molecule is COc1ccccc1C1(C(CN)C(C)C)COC1. The summed E-state index contributed by atoms with van der Waals surface area (Å²) in [4.78, 5) is 0. The van der Waals surface area contributed by atoms with Gasteiger partial charge < -0.3 is 15.2 Å². The molecule has 1 saturated heterocycles. The van der Waals surface area contributed by atoms with E-state index in [0.717, 1.165) is 19.0 Å². The molecule has 0 radical (unpaired) electrons. The maximum atomic E-state index is 6.00. The molecule has 1 aliphatic heterocycles. The molecule has 1 unspecified atom stereocenters. The highest BCUT2D eigenvalue weighted by Gasteiger charge is 2.48. The molecule has 0 spiro atoms. The number of hydrogen-bond acceptors (Lipinski definition) is 3. The average molecular weight is 249 g/mol. The molecule has 0 saturated carbocycles. The minimum atomic E-state index is 0.0233. The number of para-hydroxylation sites is 1. The van der Waals surface area contributed by atoms with Gasteiger partial charge >= 0.3 is 0 Å². The van der Waals surface area contributed by atoms with E-state index < -0.39 is 0 Å². The van der Waals surface area contributed by atoms with E-state index in [9.17, 15) is 0 Å². The zero-order valence-corrected chi connectivity index (χ0v) is 11.5. The molecule has 1 atom stereocenters.